The van der Waals surface area contributed by atoms with Gasteiger partial charge >= 0.3 is 5.97 Å². The molecule has 0 aliphatic rings. The molecule has 0 aromatic carbocycles. The Morgan fingerprint density at radius 3 is 1.56 bits per heavy atom. The molecule has 0 aliphatic carbocycles. The Labute approximate surface area is 194 Å². The van der Waals surface area contributed by atoms with Crippen LogP contribution in [0.15, 0.2) is 0 Å². The molecule has 5 atom stereocenters. The van der Waals surface area contributed by atoms with E-state index in [-0.39, 0.29) is 18.3 Å². The van der Waals surface area contributed by atoms with Crippen LogP contribution in [0.2, 0.25) is 0 Å². The molecule has 32 heavy (non-hydrogen) atoms. The van der Waals surface area contributed by atoms with Gasteiger partial charge in [-0.25, -0.2) is 4.79 Å². The first-order chi connectivity index (χ1) is 14.8. The van der Waals surface area contributed by atoms with E-state index in [1.54, 1.807) is 0 Å². The number of carbonyl (C=O) groups is 4. The molecule has 0 aromatic rings. The van der Waals surface area contributed by atoms with Gasteiger partial charge in [0.25, 0.3) is 0 Å². The maximum absolute atomic E-state index is 13.0. The van der Waals surface area contributed by atoms with Gasteiger partial charge in [0, 0.05) is 0 Å². The van der Waals surface area contributed by atoms with E-state index in [0.717, 1.165) is 0 Å². The van der Waals surface area contributed by atoms with Crippen LogP contribution in [-0.2, 0) is 19.2 Å². The van der Waals surface area contributed by atoms with Gasteiger partial charge in [-0.15, -0.1) is 0 Å². The van der Waals surface area contributed by atoms with Gasteiger partial charge in [0.1, 0.15) is 24.2 Å². The Morgan fingerprint density at radius 2 is 1.22 bits per heavy atom. The van der Waals surface area contributed by atoms with Crippen LogP contribution in [0.5, 0.6) is 0 Å². The Hall–Kier alpha value is -1.85. The quantitative estimate of drug-likeness (QED) is 0.193. The molecule has 0 saturated heterocycles. The first kappa shape index (κ1) is 30.1. The highest BCUT2D eigenvalue weighted by Gasteiger charge is 2.31. The van der Waals surface area contributed by atoms with E-state index >= 15 is 0 Å². The number of nitrogens with one attached hydrogen (secondary N) is 3. The topological polar surface area (TPSA) is 171 Å². The lowest BCUT2D eigenvalue weighted by Gasteiger charge is -2.27. The van der Waals surface area contributed by atoms with Crippen LogP contribution in [0.3, 0.4) is 0 Å². The monoisotopic (exact) mass is 476 g/mol. The van der Waals surface area contributed by atoms with Crippen molar-refractivity contribution in [3.05, 3.63) is 0 Å². The van der Waals surface area contributed by atoms with Gasteiger partial charge in [-0.05, 0) is 50.0 Å². The average Bonchev–Trinajstić information content (AvgIpc) is 2.67. The summed E-state index contributed by atoms with van der Waals surface area (Å²) in [7, 11) is 0. The van der Waals surface area contributed by atoms with Crippen molar-refractivity contribution in [2.75, 3.05) is 12.0 Å². The molecular weight excluding hydrogens is 436 g/mol. The zero-order valence-corrected chi connectivity index (χ0v) is 20.7. The number of amides is 3. The summed E-state index contributed by atoms with van der Waals surface area (Å²) in [6.07, 6.45) is 1.60. The summed E-state index contributed by atoms with van der Waals surface area (Å²) in [5, 5.41) is 26.6. The highest BCUT2D eigenvalue weighted by molar-refractivity contribution is 7.98. The molecule has 7 N–H and O–H groups in total. The van der Waals surface area contributed by atoms with E-state index in [0.29, 0.717) is 18.6 Å². The van der Waals surface area contributed by atoms with Crippen LogP contribution < -0.4 is 21.7 Å². The number of carboxylic acids is 1. The number of hydrogen-bond acceptors (Lipinski definition) is 7. The zero-order valence-electron chi connectivity index (χ0n) is 19.9. The normalized spacial score (nSPS) is 16.1. The van der Waals surface area contributed by atoms with Crippen LogP contribution in [-0.4, -0.2) is 76.2 Å². The van der Waals surface area contributed by atoms with Crippen molar-refractivity contribution in [1.82, 2.24) is 16.0 Å². The van der Waals surface area contributed by atoms with Crippen LogP contribution in [0.1, 0.15) is 53.9 Å². The number of aliphatic hydroxyl groups is 1. The number of nitrogens with two attached hydrogens (primary N) is 1. The second-order valence-corrected chi connectivity index (χ2v) is 9.81. The molecule has 10 nitrogen and oxygen atoms in total. The van der Waals surface area contributed by atoms with Crippen molar-refractivity contribution in [2.24, 2.45) is 17.6 Å². The van der Waals surface area contributed by atoms with E-state index in [4.69, 9.17) is 5.73 Å². The summed E-state index contributed by atoms with van der Waals surface area (Å²) in [4.78, 5) is 49.5. The van der Waals surface area contributed by atoms with Crippen LogP contribution in [0.4, 0.5) is 0 Å². The van der Waals surface area contributed by atoms with E-state index in [1.165, 1.54) is 18.7 Å². The van der Waals surface area contributed by atoms with Gasteiger partial charge < -0.3 is 31.9 Å². The third kappa shape index (κ3) is 11.7. The number of aliphatic carboxylic acids is 1. The summed E-state index contributed by atoms with van der Waals surface area (Å²) < 4.78 is 0. The van der Waals surface area contributed by atoms with Crippen molar-refractivity contribution < 1.29 is 29.4 Å². The number of thioether (sulfide) groups is 1. The van der Waals surface area contributed by atoms with E-state index in [2.05, 4.69) is 16.0 Å². The third-order valence-electron chi connectivity index (χ3n) is 4.73. The van der Waals surface area contributed by atoms with Crippen LogP contribution in [0, 0.1) is 11.8 Å². The second-order valence-electron chi connectivity index (χ2n) is 8.83. The van der Waals surface area contributed by atoms with Gasteiger partial charge in [0.05, 0.1) is 6.10 Å². The molecule has 0 spiro atoms. The lowest BCUT2D eigenvalue weighted by molar-refractivity contribution is -0.142. The maximum atomic E-state index is 13.0. The van der Waals surface area contributed by atoms with Crippen molar-refractivity contribution in [2.45, 2.75) is 84.2 Å². The predicted octanol–water partition coefficient (Wildman–Crippen LogP) is 0.0788. The minimum Gasteiger partial charge on any atom is -0.480 e. The fraction of sp³-hybridized carbons (Fsp3) is 0.810. The maximum Gasteiger partial charge on any atom is 0.326 e. The molecule has 186 valence electrons. The van der Waals surface area contributed by atoms with Gasteiger partial charge in [-0.3, -0.25) is 14.4 Å². The first-order valence-corrected chi connectivity index (χ1v) is 12.3. The van der Waals surface area contributed by atoms with Crippen molar-refractivity contribution >= 4 is 35.5 Å². The molecular formula is C21H40N4O6S. The third-order valence-corrected chi connectivity index (χ3v) is 5.37. The van der Waals surface area contributed by atoms with Crippen LogP contribution >= 0.6 is 11.8 Å². The van der Waals surface area contributed by atoms with Gasteiger partial charge in [0.15, 0.2) is 0 Å². The fourth-order valence-electron chi connectivity index (χ4n) is 2.93. The molecule has 0 radical (unpaired) electrons. The van der Waals surface area contributed by atoms with Gasteiger partial charge in [-0.2, -0.15) is 11.8 Å². The number of rotatable bonds is 15. The first-order valence-electron chi connectivity index (χ1n) is 10.9. The molecule has 0 bridgehead atoms. The van der Waals surface area contributed by atoms with Gasteiger partial charge in [-0.1, -0.05) is 27.7 Å². The molecule has 5 unspecified atom stereocenters. The molecule has 11 heteroatoms. The van der Waals surface area contributed by atoms with Crippen molar-refractivity contribution in [3.8, 4) is 0 Å². The second kappa shape index (κ2) is 15.1. The zero-order chi connectivity index (χ0) is 25.0. The summed E-state index contributed by atoms with van der Waals surface area (Å²) in [5.41, 5.74) is 5.66. The van der Waals surface area contributed by atoms with Crippen LogP contribution in [0.25, 0.3) is 0 Å². The number of aliphatic hydroxyl groups excluding tert-OH is 1. The van der Waals surface area contributed by atoms with Crippen molar-refractivity contribution in [3.63, 3.8) is 0 Å². The largest absolute Gasteiger partial charge is 0.480 e. The summed E-state index contributed by atoms with van der Waals surface area (Å²) in [6, 6.07) is -4.17. The summed E-state index contributed by atoms with van der Waals surface area (Å²) >= 11 is 1.47. The molecule has 3 amide bonds. The Morgan fingerprint density at radius 1 is 0.812 bits per heavy atom. The lowest BCUT2D eigenvalue weighted by Crippen LogP contribution is -2.58. The minimum absolute atomic E-state index is 0.0438. The molecule has 0 aromatic heterocycles. The van der Waals surface area contributed by atoms with Crippen molar-refractivity contribution in [1.29, 1.82) is 0 Å². The SMILES string of the molecule is CSCCC(NC(=O)C(CC(C)C)NC(=O)C(CC(C)C)NC(=O)C(N)C(C)O)C(=O)O. The van der Waals surface area contributed by atoms with E-state index < -0.39 is 54.0 Å². The molecule has 0 rings (SSSR count). The highest BCUT2D eigenvalue weighted by atomic mass is 32.2. The average molecular weight is 477 g/mol. The molecule has 0 aliphatic heterocycles. The standard InChI is InChI=1S/C21H40N4O6S/c1-11(2)9-15(18(27)23-14(21(30)31)7-8-32-6)24-19(28)16(10-12(3)4)25-20(29)17(22)13(5)26/h11-17,26H,7-10,22H2,1-6H3,(H,23,27)(H,24,28)(H,25,29)(H,30,31). The Balaban J connectivity index is 5.47. The molecule has 0 heterocycles. The lowest BCUT2D eigenvalue weighted by atomic mass is 9.99. The minimum atomic E-state index is -1.19. The van der Waals surface area contributed by atoms with E-state index in [1.807, 2.05) is 34.0 Å². The smallest absolute Gasteiger partial charge is 0.326 e. The number of carboxylic acid groups (broad SMARTS) is 1. The Bertz CT molecular complexity index is 629. The molecule has 0 fully saturated rings. The summed E-state index contributed by atoms with van der Waals surface area (Å²) in [6.45, 7) is 8.89. The number of hydrogen-bond donors (Lipinski definition) is 6. The van der Waals surface area contributed by atoms with E-state index in [9.17, 15) is 29.4 Å². The predicted molar refractivity (Wildman–Crippen MR) is 125 cm³/mol. The summed E-state index contributed by atoms with van der Waals surface area (Å²) in [5.74, 6) is -2.31. The molecule has 0 saturated carbocycles. The Kier molecular flexibility index (Phi) is 14.2. The van der Waals surface area contributed by atoms with Gasteiger partial charge in [0.2, 0.25) is 17.7 Å². The highest BCUT2D eigenvalue weighted by Crippen LogP contribution is 2.10. The fourth-order valence-corrected chi connectivity index (χ4v) is 3.40. The number of carbonyl (C=O) groups excluding carboxylic acids is 3.